The number of amides is 2. The number of carbonyl (C=O) groups excluding carboxylic acids is 3. The highest BCUT2D eigenvalue weighted by Crippen LogP contribution is 2.58. The molecule has 2 unspecified atom stereocenters. The van der Waals surface area contributed by atoms with E-state index in [0.717, 1.165) is 22.4 Å². The number of benzene rings is 2. The molecule has 1 spiro atoms. The summed E-state index contributed by atoms with van der Waals surface area (Å²) in [6.45, 7) is 7.28. The van der Waals surface area contributed by atoms with E-state index in [-0.39, 0.29) is 29.8 Å². The van der Waals surface area contributed by atoms with E-state index in [1.807, 2.05) is 56.3 Å². The number of anilines is 1. The second kappa shape index (κ2) is 9.48. The molecular formula is C30H32N4O6. The van der Waals surface area contributed by atoms with E-state index in [4.69, 9.17) is 9.15 Å². The van der Waals surface area contributed by atoms with Crippen LogP contribution in [0.3, 0.4) is 0 Å². The second-order valence-corrected chi connectivity index (χ2v) is 11.4. The molecule has 4 N–H and O–H groups in total. The highest BCUT2D eigenvalue weighted by atomic mass is 16.5. The Morgan fingerprint density at radius 2 is 1.93 bits per heavy atom. The van der Waals surface area contributed by atoms with Gasteiger partial charge in [-0.15, -0.1) is 0 Å². The SMILES string of the molecule is CC(C)[C@H](O)C(=O)N[C@H]1Cc2ccc3c(c2)C2(c4ccccc4NC2O3)c2oc(nc2C=O)[C@H](C(C)C)NC1=O. The number of hydrogen-bond acceptors (Lipinski definition) is 8. The quantitative estimate of drug-likeness (QED) is 0.359. The highest BCUT2D eigenvalue weighted by molar-refractivity contribution is 5.90. The van der Waals surface area contributed by atoms with Crippen molar-refractivity contribution in [3.63, 3.8) is 0 Å². The van der Waals surface area contributed by atoms with Crippen molar-refractivity contribution in [2.24, 2.45) is 11.8 Å². The van der Waals surface area contributed by atoms with Gasteiger partial charge in [0.1, 0.15) is 35.0 Å². The third-order valence-corrected chi connectivity index (χ3v) is 8.09. The van der Waals surface area contributed by atoms with Crippen LogP contribution in [-0.4, -0.2) is 46.6 Å². The van der Waals surface area contributed by atoms with Crippen molar-refractivity contribution in [2.75, 3.05) is 5.32 Å². The number of nitrogens with zero attached hydrogens (tertiary/aromatic N) is 1. The Morgan fingerprint density at radius 1 is 1.15 bits per heavy atom. The number of oxazole rings is 1. The van der Waals surface area contributed by atoms with E-state index >= 15 is 0 Å². The predicted molar refractivity (Wildman–Crippen MR) is 145 cm³/mol. The highest BCUT2D eigenvalue weighted by Gasteiger charge is 2.60. The van der Waals surface area contributed by atoms with Gasteiger partial charge in [-0.2, -0.15) is 0 Å². The maximum absolute atomic E-state index is 13.6. The van der Waals surface area contributed by atoms with Gasteiger partial charge < -0.3 is 30.2 Å². The van der Waals surface area contributed by atoms with Crippen LogP contribution in [0, 0.1) is 11.8 Å². The third kappa shape index (κ3) is 3.81. The molecule has 10 nitrogen and oxygen atoms in total. The molecule has 0 fully saturated rings. The third-order valence-electron chi connectivity index (χ3n) is 8.09. The Labute approximate surface area is 231 Å². The largest absolute Gasteiger partial charge is 0.469 e. The van der Waals surface area contributed by atoms with Gasteiger partial charge in [0, 0.05) is 17.7 Å². The van der Waals surface area contributed by atoms with Crippen LogP contribution in [0.15, 0.2) is 46.9 Å². The first kappa shape index (κ1) is 26.1. The lowest BCUT2D eigenvalue weighted by Gasteiger charge is -2.29. The molecule has 3 aromatic rings. The first-order valence-electron chi connectivity index (χ1n) is 13.6. The number of carbonyl (C=O) groups is 3. The number of aliphatic hydroxyl groups is 1. The minimum absolute atomic E-state index is 0.129. The van der Waals surface area contributed by atoms with Gasteiger partial charge in [0.25, 0.3) is 0 Å². The maximum Gasteiger partial charge on any atom is 0.249 e. The Balaban J connectivity index is 1.57. The predicted octanol–water partition coefficient (Wildman–Crippen LogP) is 2.84. The summed E-state index contributed by atoms with van der Waals surface area (Å²) in [4.78, 5) is 43.5. The van der Waals surface area contributed by atoms with Gasteiger partial charge in [0.2, 0.25) is 17.7 Å². The molecule has 208 valence electrons. The maximum atomic E-state index is 13.6. The lowest BCUT2D eigenvalue weighted by atomic mass is 9.72. The van der Waals surface area contributed by atoms with Gasteiger partial charge in [-0.25, -0.2) is 4.98 Å². The Bertz CT molecular complexity index is 1510. The number of aldehydes is 1. The lowest BCUT2D eigenvalue weighted by molar-refractivity contribution is -0.135. The molecule has 3 aliphatic rings. The van der Waals surface area contributed by atoms with Crippen molar-refractivity contribution >= 4 is 23.8 Å². The second-order valence-electron chi connectivity index (χ2n) is 11.4. The monoisotopic (exact) mass is 544 g/mol. The Hall–Kier alpha value is -4.18. The smallest absolute Gasteiger partial charge is 0.249 e. The zero-order valence-corrected chi connectivity index (χ0v) is 22.7. The lowest BCUT2D eigenvalue weighted by Crippen LogP contribution is -2.52. The average molecular weight is 545 g/mol. The summed E-state index contributed by atoms with van der Waals surface area (Å²) in [5.41, 5.74) is 2.39. The number of fused-ring (bicyclic) bond motifs is 4. The number of aromatic nitrogens is 1. The molecule has 4 bridgehead atoms. The Morgan fingerprint density at radius 3 is 2.65 bits per heavy atom. The molecule has 10 heteroatoms. The van der Waals surface area contributed by atoms with Gasteiger partial charge in [0.05, 0.1) is 0 Å². The van der Waals surface area contributed by atoms with Gasteiger partial charge in [-0.05, 0) is 35.1 Å². The van der Waals surface area contributed by atoms with Gasteiger partial charge >= 0.3 is 0 Å². The number of rotatable bonds is 5. The van der Waals surface area contributed by atoms with Gasteiger partial charge in [-0.3, -0.25) is 14.4 Å². The molecule has 6 rings (SSSR count). The number of para-hydroxylation sites is 1. The van der Waals surface area contributed by atoms with E-state index in [0.29, 0.717) is 17.8 Å². The number of ether oxygens (including phenoxy) is 1. The summed E-state index contributed by atoms with van der Waals surface area (Å²) in [5, 5.41) is 19.5. The molecule has 0 saturated heterocycles. The topological polar surface area (TPSA) is 143 Å². The fourth-order valence-electron chi connectivity index (χ4n) is 5.97. The summed E-state index contributed by atoms with van der Waals surface area (Å²) in [6.07, 6.45) is -1.02. The molecule has 0 radical (unpaired) electrons. The van der Waals surface area contributed by atoms with Gasteiger partial charge in [0.15, 0.2) is 18.3 Å². The fraction of sp³-hybridized carbons (Fsp3) is 0.400. The molecule has 40 heavy (non-hydrogen) atoms. The van der Waals surface area contributed by atoms with Crippen molar-refractivity contribution in [3.05, 3.63) is 76.5 Å². The van der Waals surface area contributed by atoms with E-state index in [1.54, 1.807) is 13.8 Å². The summed E-state index contributed by atoms with van der Waals surface area (Å²) in [5.74, 6) is -0.409. The first-order chi connectivity index (χ1) is 19.1. The van der Waals surface area contributed by atoms with Crippen LogP contribution >= 0.6 is 0 Å². The summed E-state index contributed by atoms with van der Waals surface area (Å²) in [7, 11) is 0. The van der Waals surface area contributed by atoms with Crippen LogP contribution in [0.1, 0.15) is 72.6 Å². The summed E-state index contributed by atoms with van der Waals surface area (Å²) in [6, 6.07) is 11.7. The van der Waals surface area contributed by atoms with Crippen LogP contribution < -0.4 is 20.7 Å². The van der Waals surface area contributed by atoms with E-state index < -0.39 is 41.6 Å². The zero-order chi connectivity index (χ0) is 28.3. The van der Waals surface area contributed by atoms with Crippen molar-refractivity contribution in [3.8, 4) is 5.75 Å². The van der Waals surface area contributed by atoms with Crippen molar-refractivity contribution < 1.29 is 28.6 Å². The molecule has 4 heterocycles. The van der Waals surface area contributed by atoms with Crippen LogP contribution in [0.2, 0.25) is 0 Å². The van der Waals surface area contributed by atoms with Crippen LogP contribution in [0.4, 0.5) is 5.69 Å². The molecule has 1 aromatic heterocycles. The minimum Gasteiger partial charge on any atom is -0.469 e. The molecule has 0 saturated carbocycles. The molecule has 5 atom stereocenters. The van der Waals surface area contributed by atoms with E-state index in [1.165, 1.54) is 0 Å². The van der Waals surface area contributed by atoms with Crippen molar-refractivity contribution in [1.82, 2.24) is 15.6 Å². The molecule has 3 aliphatic heterocycles. The van der Waals surface area contributed by atoms with Crippen LogP contribution in [0.5, 0.6) is 5.75 Å². The van der Waals surface area contributed by atoms with E-state index in [2.05, 4.69) is 20.9 Å². The Kier molecular flexibility index (Phi) is 6.18. The summed E-state index contributed by atoms with van der Waals surface area (Å²) < 4.78 is 12.9. The average Bonchev–Trinajstić information content (AvgIpc) is 3.58. The van der Waals surface area contributed by atoms with Crippen LogP contribution in [0.25, 0.3) is 0 Å². The zero-order valence-electron chi connectivity index (χ0n) is 22.7. The van der Waals surface area contributed by atoms with Gasteiger partial charge in [-0.1, -0.05) is 58.0 Å². The number of aliphatic hydroxyl groups excluding tert-OH is 1. The molecule has 0 aliphatic carbocycles. The van der Waals surface area contributed by atoms with Crippen molar-refractivity contribution in [1.29, 1.82) is 0 Å². The molecule has 2 amide bonds. The summed E-state index contributed by atoms with van der Waals surface area (Å²) >= 11 is 0. The standard InChI is InChI=1S/C30H32N4O6/c1-14(2)23-28-32-21(13-35)25(40-28)30-17-7-5-6-8-19(17)33-29(30)39-22-10-9-16(11-18(22)30)12-20(26(37)34-23)31-27(38)24(36)15(3)4/h5-11,13-15,20,23-24,29,33,36H,12H2,1-4H3,(H,31,38)(H,34,37)/t20-,23-,24-,29?,30?/m0/s1. The van der Waals surface area contributed by atoms with E-state index in [9.17, 15) is 19.5 Å². The fourth-order valence-corrected chi connectivity index (χ4v) is 5.97. The van der Waals surface area contributed by atoms with Crippen LogP contribution in [-0.2, 0) is 21.4 Å². The van der Waals surface area contributed by atoms with Crippen molar-refractivity contribution in [2.45, 2.75) is 63.9 Å². The normalized spacial score (nSPS) is 25.1. The minimum atomic E-state index is -1.27. The number of hydrogen-bond donors (Lipinski definition) is 4. The molecule has 2 aromatic carbocycles. The number of nitrogens with one attached hydrogen (secondary N) is 3. The molecular weight excluding hydrogens is 512 g/mol. The first-order valence-corrected chi connectivity index (χ1v) is 13.6.